The second kappa shape index (κ2) is 2.35. The maximum Gasteiger partial charge on any atom is 0.250 e. The highest BCUT2D eigenvalue weighted by molar-refractivity contribution is 5.82. The van der Waals surface area contributed by atoms with Crippen LogP contribution in [0.4, 0.5) is 0 Å². The topological polar surface area (TPSA) is 38.3 Å². The smallest absolute Gasteiger partial charge is 0.250 e. The first-order chi connectivity index (χ1) is 4.24. The van der Waals surface area contributed by atoms with E-state index in [4.69, 9.17) is 4.74 Å². The van der Waals surface area contributed by atoms with E-state index in [-0.39, 0.29) is 18.2 Å². The highest BCUT2D eigenvalue weighted by Crippen LogP contribution is 2.07. The van der Waals surface area contributed by atoms with Crippen LogP contribution in [0.2, 0.25) is 0 Å². The number of hydrogen-bond donors (Lipinski definition) is 1. The number of hydrogen-bond acceptors (Lipinski definition) is 2. The minimum absolute atomic E-state index is 0.00171. The van der Waals surface area contributed by atoms with E-state index in [1.165, 1.54) is 0 Å². The van der Waals surface area contributed by atoms with Crippen molar-refractivity contribution in [2.45, 2.75) is 32.6 Å². The van der Waals surface area contributed by atoms with Gasteiger partial charge in [-0.2, -0.15) is 0 Å². The van der Waals surface area contributed by atoms with Crippen molar-refractivity contribution in [1.82, 2.24) is 5.32 Å². The summed E-state index contributed by atoms with van der Waals surface area (Å²) >= 11 is 0. The third kappa shape index (κ3) is 1.21. The van der Waals surface area contributed by atoms with Gasteiger partial charge >= 0.3 is 0 Å². The van der Waals surface area contributed by atoms with Crippen LogP contribution in [-0.2, 0) is 9.53 Å². The van der Waals surface area contributed by atoms with Crippen molar-refractivity contribution in [2.24, 2.45) is 0 Å². The lowest BCUT2D eigenvalue weighted by atomic mass is 10.4. The molecule has 1 aliphatic rings. The summed E-state index contributed by atoms with van der Waals surface area (Å²) < 4.78 is 5.16. The van der Waals surface area contributed by atoms with Crippen LogP contribution in [0.25, 0.3) is 0 Å². The fourth-order valence-electron chi connectivity index (χ4n) is 0.817. The van der Waals surface area contributed by atoms with Gasteiger partial charge in [0.2, 0.25) is 0 Å². The van der Waals surface area contributed by atoms with Gasteiger partial charge in [0, 0.05) is 0 Å². The molecule has 1 fully saturated rings. The van der Waals surface area contributed by atoms with E-state index in [1.807, 2.05) is 6.92 Å². The van der Waals surface area contributed by atoms with E-state index in [0.29, 0.717) is 0 Å². The van der Waals surface area contributed by atoms with E-state index >= 15 is 0 Å². The molecule has 2 atom stereocenters. The van der Waals surface area contributed by atoms with E-state index in [1.54, 1.807) is 6.92 Å². The molecule has 0 aromatic heterocycles. The third-order valence-corrected chi connectivity index (χ3v) is 1.41. The highest BCUT2D eigenvalue weighted by Gasteiger charge is 2.26. The number of rotatable bonds is 1. The predicted octanol–water partition coefficient (Wildman–Crippen LogP) is 0.257. The molecule has 0 saturated carbocycles. The summed E-state index contributed by atoms with van der Waals surface area (Å²) in [6, 6.07) is 0. The lowest BCUT2D eigenvalue weighted by molar-refractivity contribution is -0.122. The first kappa shape index (κ1) is 6.55. The summed E-state index contributed by atoms with van der Waals surface area (Å²) in [5.74, 6) is 0.00171. The lowest BCUT2D eigenvalue weighted by Gasteiger charge is -2.03. The number of carbonyl (C=O) groups excluding carboxylic acids is 1. The van der Waals surface area contributed by atoms with Crippen LogP contribution in [0.15, 0.2) is 0 Å². The Hall–Kier alpha value is -0.570. The van der Waals surface area contributed by atoms with E-state index in [9.17, 15) is 4.79 Å². The monoisotopic (exact) mass is 129 g/mol. The van der Waals surface area contributed by atoms with Crippen LogP contribution < -0.4 is 5.32 Å². The molecule has 1 rings (SSSR count). The molecule has 0 bridgehead atoms. The fraction of sp³-hybridized carbons (Fsp3) is 0.833. The fourth-order valence-corrected chi connectivity index (χ4v) is 0.817. The molecular weight excluding hydrogens is 118 g/mol. The SMILES string of the molecule is CC[C@@H]1NC(=O)[C@H](C)O1. The van der Waals surface area contributed by atoms with E-state index in [2.05, 4.69) is 5.32 Å². The molecule has 3 heteroatoms. The minimum Gasteiger partial charge on any atom is -0.346 e. The molecule has 1 amide bonds. The van der Waals surface area contributed by atoms with Crippen molar-refractivity contribution in [3.8, 4) is 0 Å². The van der Waals surface area contributed by atoms with Gasteiger partial charge in [0.1, 0.15) is 12.3 Å². The molecule has 1 aliphatic heterocycles. The zero-order valence-corrected chi connectivity index (χ0v) is 5.68. The molecule has 52 valence electrons. The third-order valence-electron chi connectivity index (χ3n) is 1.41. The molecule has 1 N–H and O–H groups in total. The summed E-state index contributed by atoms with van der Waals surface area (Å²) in [5, 5.41) is 2.69. The van der Waals surface area contributed by atoms with Gasteiger partial charge in [0.25, 0.3) is 5.91 Å². The second-order valence-corrected chi connectivity index (χ2v) is 2.18. The average molecular weight is 129 g/mol. The largest absolute Gasteiger partial charge is 0.346 e. The Morgan fingerprint density at radius 1 is 1.78 bits per heavy atom. The van der Waals surface area contributed by atoms with Crippen molar-refractivity contribution in [1.29, 1.82) is 0 Å². The Kier molecular flexibility index (Phi) is 1.71. The Bertz CT molecular complexity index is 124. The molecule has 0 aromatic carbocycles. The first-order valence-electron chi connectivity index (χ1n) is 3.20. The Labute approximate surface area is 54.4 Å². The van der Waals surface area contributed by atoms with E-state index < -0.39 is 0 Å². The van der Waals surface area contributed by atoms with Gasteiger partial charge in [0.05, 0.1) is 0 Å². The Morgan fingerprint density at radius 2 is 2.44 bits per heavy atom. The van der Waals surface area contributed by atoms with Gasteiger partial charge in [-0.05, 0) is 13.3 Å². The van der Waals surface area contributed by atoms with Crippen molar-refractivity contribution in [2.75, 3.05) is 0 Å². The van der Waals surface area contributed by atoms with Crippen molar-refractivity contribution < 1.29 is 9.53 Å². The molecule has 0 unspecified atom stereocenters. The van der Waals surface area contributed by atoms with Crippen molar-refractivity contribution in [3.63, 3.8) is 0 Å². The van der Waals surface area contributed by atoms with Crippen LogP contribution in [0.3, 0.4) is 0 Å². The molecule has 1 saturated heterocycles. The van der Waals surface area contributed by atoms with Gasteiger partial charge in [-0.15, -0.1) is 0 Å². The molecule has 1 heterocycles. The molecule has 0 spiro atoms. The number of ether oxygens (including phenoxy) is 1. The summed E-state index contributed by atoms with van der Waals surface area (Å²) in [6.45, 7) is 3.73. The summed E-state index contributed by atoms with van der Waals surface area (Å²) in [6.07, 6.45) is 0.540. The summed E-state index contributed by atoms with van der Waals surface area (Å²) in [5.41, 5.74) is 0. The number of amides is 1. The molecule has 0 aromatic rings. The van der Waals surface area contributed by atoms with Crippen molar-refractivity contribution in [3.05, 3.63) is 0 Å². The lowest BCUT2D eigenvalue weighted by Crippen LogP contribution is -2.26. The minimum atomic E-state index is -0.255. The maximum absolute atomic E-state index is 10.7. The zero-order chi connectivity index (χ0) is 6.85. The highest BCUT2D eigenvalue weighted by atomic mass is 16.5. The van der Waals surface area contributed by atoms with Crippen LogP contribution in [0.1, 0.15) is 20.3 Å². The summed E-state index contributed by atoms with van der Waals surface area (Å²) in [4.78, 5) is 10.7. The van der Waals surface area contributed by atoms with Gasteiger partial charge in [-0.25, -0.2) is 0 Å². The maximum atomic E-state index is 10.7. The van der Waals surface area contributed by atoms with Gasteiger partial charge in [-0.1, -0.05) is 6.92 Å². The van der Waals surface area contributed by atoms with Crippen LogP contribution >= 0.6 is 0 Å². The van der Waals surface area contributed by atoms with Crippen LogP contribution in [0, 0.1) is 0 Å². The number of nitrogens with one attached hydrogen (secondary N) is 1. The first-order valence-corrected chi connectivity index (χ1v) is 3.20. The van der Waals surface area contributed by atoms with E-state index in [0.717, 1.165) is 6.42 Å². The predicted molar refractivity (Wildman–Crippen MR) is 32.8 cm³/mol. The van der Waals surface area contributed by atoms with Gasteiger partial charge in [-0.3, -0.25) is 4.79 Å². The van der Waals surface area contributed by atoms with Crippen LogP contribution in [0.5, 0.6) is 0 Å². The molecular formula is C6H11NO2. The van der Waals surface area contributed by atoms with Gasteiger partial charge < -0.3 is 10.1 Å². The van der Waals surface area contributed by atoms with Crippen LogP contribution in [-0.4, -0.2) is 18.2 Å². The average Bonchev–Trinajstić information content (AvgIpc) is 2.13. The Balaban J connectivity index is 2.44. The molecule has 0 radical (unpaired) electrons. The van der Waals surface area contributed by atoms with Crippen molar-refractivity contribution >= 4 is 5.91 Å². The standard InChI is InChI=1S/C6H11NO2/c1-3-5-7-6(8)4(2)9-5/h4-5H,3H2,1-2H3,(H,7,8)/t4-,5+/m0/s1. The quantitative estimate of drug-likeness (QED) is 0.551. The molecule has 9 heavy (non-hydrogen) atoms. The Morgan fingerprint density at radius 3 is 2.67 bits per heavy atom. The molecule has 0 aliphatic carbocycles. The number of carbonyl (C=O) groups is 1. The zero-order valence-electron chi connectivity index (χ0n) is 5.68. The summed E-state index contributed by atoms with van der Waals surface area (Å²) in [7, 11) is 0. The second-order valence-electron chi connectivity index (χ2n) is 2.18. The van der Waals surface area contributed by atoms with Gasteiger partial charge in [0.15, 0.2) is 0 Å². The molecule has 3 nitrogen and oxygen atoms in total. The normalized spacial score (nSPS) is 34.7.